The molecule has 0 fully saturated rings. The van der Waals surface area contributed by atoms with Crippen LogP contribution in [0, 0.1) is 13.8 Å². The van der Waals surface area contributed by atoms with Crippen molar-refractivity contribution >= 4 is 27.8 Å². The molecular formula is C20H21BrO3. The van der Waals surface area contributed by atoms with Gasteiger partial charge in [0, 0.05) is 5.56 Å². The highest BCUT2D eigenvalue weighted by Crippen LogP contribution is 2.37. The normalized spacial score (nSPS) is 10.9. The number of hydrogen-bond donors (Lipinski definition) is 0. The van der Waals surface area contributed by atoms with Crippen LogP contribution in [0.3, 0.4) is 0 Å². The lowest BCUT2D eigenvalue weighted by atomic mass is 10.0. The molecule has 0 N–H and O–H groups in total. The molecule has 0 aliphatic heterocycles. The minimum Gasteiger partial charge on any atom is -0.493 e. The van der Waals surface area contributed by atoms with Crippen LogP contribution in [-0.2, 0) is 0 Å². The number of benzene rings is 2. The Morgan fingerprint density at radius 1 is 1.17 bits per heavy atom. The predicted octanol–water partition coefficient (Wildman–Crippen LogP) is 5.37. The summed E-state index contributed by atoms with van der Waals surface area (Å²) in [5, 5.41) is 0. The first-order valence-corrected chi connectivity index (χ1v) is 8.55. The van der Waals surface area contributed by atoms with E-state index in [1.807, 2.05) is 51.1 Å². The number of carbonyl (C=O) groups is 1. The molecule has 0 aliphatic rings. The lowest BCUT2D eigenvalue weighted by molar-refractivity contribution is 0.104. The van der Waals surface area contributed by atoms with Gasteiger partial charge < -0.3 is 9.47 Å². The number of hydrogen-bond acceptors (Lipinski definition) is 3. The number of aryl methyl sites for hydroxylation is 2. The van der Waals surface area contributed by atoms with Crippen LogP contribution in [0.4, 0.5) is 0 Å². The monoisotopic (exact) mass is 388 g/mol. The van der Waals surface area contributed by atoms with E-state index in [9.17, 15) is 4.79 Å². The van der Waals surface area contributed by atoms with E-state index in [4.69, 9.17) is 9.47 Å². The summed E-state index contributed by atoms with van der Waals surface area (Å²) < 4.78 is 11.7. The Labute approximate surface area is 151 Å². The number of carbonyl (C=O) groups excluding carboxylic acids is 1. The summed E-state index contributed by atoms with van der Waals surface area (Å²) in [5.41, 5.74) is 3.83. The van der Waals surface area contributed by atoms with Crippen LogP contribution in [0.15, 0.2) is 40.9 Å². The summed E-state index contributed by atoms with van der Waals surface area (Å²) >= 11 is 3.49. The third kappa shape index (κ3) is 4.26. The van der Waals surface area contributed by atoms with Gasteiger partial charge in [-0.05, 0) is 77.7 Å². The highest BCUT2D eigenvalue weighted by molar-refractivity contribution is 9.10. The maximum absolute atomic E-state index is 12.3. The average Bonchev–Trinajstić information content (AvgIpc) is 2.57. The number of methoxy groups -OCH3 is 1. The van der Waals surface area contributed by atoms with Gasteiger partial charge in [-0.1, -0.05) is 18.2 Å². The zero-order valence-corrected chi connectivity index (χ0v) is 15.9. The van der Waals surface area contributed by atoms with Gasteiger partial charge in [0.2, 0.25) is 0 Å². The van der Waals surface area contributed by atoms with E-state index in [1.54, 1.807) is 19.3 Å². The molecule has 4 heteroatoms. The Bertz CT molecular complexity index is 779. The molecule has 2 rings (SSSR count). The van der Waals surface area contributed by atoms with E-state index in [0.29, 0.717) is 23.7 Å². The average molecular weight is 389 g/mol. The van der Waals surface area contributed by atoms with Crippen molar-refractivity contribution in [1.82, 2.24) is 0 Å². The van der Waals surface area contributed by atoms with Crippen LogP contribution in [0.25, 0.3) is 6.08 Å². The standard InChI is InChI=1S/C20H21BrO3/c1-5-24-20-17(21)11-15(12-19(20)23-4)7-9-18(22)16-8-6-13(2)14(3)10-16/h6-12H,5H2,1-4H3/b9-7+. The molecule has 0 saturated carbocycles. The van der Waals surface area contributed by atoms with Crippen molar-refractivity contribution in [3.8, 4) is 11.5 Å². The van der Waals surface area contributed by atoms with E-state index >= 15 is 0 Å². The third-order valence-corrected chi connectivity index (χ3v) is 4.35. The molecule has 126 valence electrons. The predicted molar refractivity (Wildman–Crippen MR) is 101 cm³/mol. The van der Waals surface area contributed by atoms with Gasteiger partial charge in [-0.2, -0.15) is 0 Å². The number of allylic oxidation sites excluding steroid dienone is 1. The first-order chi connectivity index (χ1) is 11.5. The number of halogens is 1. The minimum absolute atomic E-state index is 0.0259. The van der Waals surface area contributed by atoms with Crippen molar-refractivity contribution in [2.24, 2.45) is 0 Å². The second kappa shape index (κ2) is 8.15. The van der Waals surface area contributed by atoms with E-state index in [-0.39, 0.29) is 5.78 Å². The van der Waals surface area contributed by atoms with Crippen molar-refractivity contribution < 1.29 is 14.3 Å². The highest BCUT2D eigenvalue weighted by atomic mass is 79.9. The third-order valence-electron chi connectivity index (χ3n) is 3.76. The molecule has 0 unspecified atom stereocenters. The molecule has 0 bridgehead atoms. The first kappa shape index (κ1) is 18.3. The summed E-state index contributed by atoms with van der Waals surface area (Å²) in [6, 6.07) is 9.48. The molecular weight excluding hydrogens is 368 g/mol. The maximum Gasteiger partial charge on any atom is 0.185 e. The molecule has 0 aliphatic carbocycles. The molecule has 0 spiro atoms. The number of rotatable bonds is 6. The van der Waals surface area contributed by atoms with Crippen LogP contribution in [0.1, 0.15) is 34.0 Å². The fourth-order valence-corrected chi connectivity index (χ4v) is 2.86. The Kier molecular flexibility index (Phi) is 6.21. The van der Waals surface area contributed by atoms with Crippen molar-refractivity contribution in [1.29, 1.82) is 0 Å². The molecule has 0 saturated heterocycles. The molecule has 2 aromatic carbocycles. The number of ketones is 1. The van der Waals surface area contributed by atoms with Gasteiger partial charge in [-0.25, -0.2) is 0 Å². The fraction of sp³-hybridized carbons (Fsp3) is 0.250. The van der Waals surface area contributed by atoms with Gasteiger partial charge in [-0.15, -0.1) is 0 Å². The van der Waals surface area contributed by atoms with Gasteiger partial charge in [0.15, 0.2) is 17.3 Å². The molecule has 24 heavy (non-hydrogen) atoms. The summed E-state index contributed by atoms with van der Waals surface area (Å²) in [5.74, 6) is 1.27. The van der Waals surface area contributed by atoms with Gasteiger partial charge >= 0.3 is 0 Å². The minimum atomic E-state index is -0.0259. The van der Waals surface area contributed by atoms with Crippen LogP contribution in [0.2, 0.25) is 0 Å². The molecule has 3 nitrogen and oxygen atoms in total. The van der Waals surface area contributed by atoms with Crippen LogP contribution >= 0.6 is 15.9 Å². The fourth-order valence-electron chi connectivity index (χ4n) is 2.28. The van der Waals surface area contributed by atoms with E-state index < -0.39 is 0 Å². The van der Waals surface area contributed by atoms with Gasteiger partial charge in [0.1, 0.15) is 0 Å². The zero-order chi connectivity index (χ0) is 17.7. The van der Waals surface area contributed by atoms with E-state index in [1.165, 1.54) is 5.56 Å². The molecule has 0 atom stereocenters. The van der Waals surface area contributed by atoms with Gasteiger partial charge in [-0.3, -0.25) is 4.79 Å². The smallest absolute Gasteiger partial charge is 0.185 e. The van der Waals surface area contributed by atoms with E-state index in [0.717, 1.165) is 15.6 Å². The second-order valence-electron chi connectivity index (χ2n) is 5.46. The largest absolute Gasteiger partial charge is 0.493 e. The molecule has 0 radical (unpaired) electrons. The lowest BCUT2D eigenvalue weighted by Crippen LogP contribution is -1.97. The summed E-state index contributed by atoms with van der Waals surface area (Å²) in [6.07, 6.45) is 3.35. The Hall–Kier alpha value is -2.07. The zero-order valence-electron chi connectivity index (χ0n) is 14.4. The molecule has 0 heterocycles. The summed E-state index contributed by atoms with van der Waals surface area (Å²) in [6.45, 7) is 6.50. The molecule has 2 aromatic rings. The van der Waals surface area contributed by atoms with Gasteiger partial charge in [0.25, 0.3) is 0 Å². The van der Waals surface area contributed by atoms with Crippen molar-refractivity contribution in [3.05, 3.63) is 63.1 Å². The molecule has 0 aromatic heterocycles. The van der Waals surface area contributed by atoms with Crippen LogP contribution in [0.5, 0.6) is 11.5 Å². The molecule has 0 amide bonds. The highest BCUT2D eigenvalue weighted by Gasteiger charge is 2.10. The SMILES string of the molecule is CCOc1c(Br)cc(/C=C/C(=O)c2ccc(C)c(C)c2)cc1OC. The lowest BCUT2D eigenvalue weighted by Gasteiger charge is -2.12. The topological polar surface area (TPSA) is 35.5 Å². The second-order valence-corrected chi connectivity index (χ2v) is 6.32. The van der Waals surface area contributed by atoms with Crippen molar-refractivity contribution in [2.45, 2.75) is 20.8 Å². The maximum atomic E-state index is 12.3. The van der Waals surface area contributed by atoms with Crippen LogP contribution < -0.4 is 9.47 Å². The Balaban J connectivity index is 2.26. The Morgan fingerprint density at radius 3 is 2.54 bits per heavy atom. The summed E-state index contributed by atoms with van der Waals surface area (Å²) in [4.78, 5) is 12.3. The van der Waals surface area contributed by atoms with Gasteiger partial charge in [0.05, 0.1) is 18.2 Å². The number of ether oxygens (including phenoxy) is 2. The summed E-state index contributed by atoms with van der Waals surface area (Å²) in [7, 11) is 1.60. The van der Waals surface area contributed by atoms with Crippen molar-refractivity contribution in [2.75, 3.05) is 13.7 Å². The van der Waals surface area contributed by atoms with Crippen LogP contribution in [-0.4, -0.2) is 19.5 Å². The quantitative estimate of drug-likeness (QED) is 0.492. The first-order valence-electron chi connectivity index (χ1n) is 7.76. The van der Waals surface area contributed by atoms with E-state index in [2.05, 4.69) is 15.9 Å². The van der Waals surface area contributed by atoms with Crippen molar-refractivity contribution in [3.63, 3.8) is 0 Å². The Morgan fingerprint density at radius 2 is 1.92 bits per heavy atom.